The standard InChI is InChI=1S/C11H18N2O2/c1-3-14-11(15-4-2)9-5-7-10(13-12)8-6-9/h5-8,11,13H,3-4,12H2,1-2H3. The van der Waals surface area contributed by atoms with E-state index in [0.29, 0.717) is 13.2 Å². The second-order valence-electron chi connectivity index (χ2n) is 3.01. The maximum atomic E-state index is 5.47. The first kappa shape index (κ1) is 12.0. The summed E-state index contributed by atoms with van der Waals surface area (Å²) in [6.45, 7) is 5.15. The lowest BCUT2D eigenvalue weighted by atomic mass is 10.2. The smallest absolute Gasteiger partial charge is 0.183 e. The van der Waals surface area contributed by atoms with Crippen LogP contribution in [0.2, 0.25) is 0 Å². The third-order valence-corrected chi connectivity index (χ3v) is 1.99. The van der Waals surface area contributed by atoms with Crippen LogP contribution < -0.4 is 11.3 Å². The van der Waals surface area contributed by atoms with Crippen LogP contribution in [0.25, 0.3) is 0 Å². The summed E-state index contributed by atoms with van der Waals surface area (Å²) in [5.74, 6) is 5.28. The molecule has 1 aromatic rings. The van der Waals surface area contributed by atoms with E-state index in [1.807, 2.05) is 38.1 Å². The Kier molecular flexibility index (Phi) is 5.10. The molecule has 0 saturated heterocycles. The highest BCUT2D eigenvalue weighted by molar-refractivity contribution is 5.43. The molecular weight excluding hydrogens is 192 g/mol. The molecule has 0 radical (unpaired) electrons. The fourth-order valence-corrected chi connectivity index (χ4v) is 1.28. The van der Waals surface area contributed by atoms with Crippen molar-refractivity contribution in [2.24, 2.45) is 5.84 Å². The molecule has 15 heavy (non-hydrogen) atoms. The third-order valence-electron chi connectivity index (χ3n) is 1.99. The van der Waals surface area contributed by atoms with Gasteiger partial charge in [-0.25, -0.2) is 0 Å². The second-order valence-corrected chi connectivity index (χ2v) is 3.01. The lowest BCUT2D eigenvalue weighted by molar-refractivity contribution is -0.140. The highest BCUT2D eigenvalue weighted by Crippen LogP contribution is 2.20. The molecule has 3 N–H and O–H groups in total. The first-order chi connectivity index (χ1) is 7.31. The van der Waals surface area contributed by atoms with Crippen molar-refractivity contribution in [2.75, 3.05) is 18.6 Å². The van der Waals surface area contributed by atoms with Gasteiger partial charge < -0.3 is 14.9 Å². The van der Waals surface area contributed by atoms with Gasteiger partial charge in [0, 0.05) is 24.5 Å². The van der Waals surface area contributed by atoms with Gasteiger partial charge in [0.15, 0.2) is 6.29 Å². The first-order valence-electron chi connectivity index (χ1n) is 5.11. The van der Waals surface area contributed by atoms with Crippen molar-refractivity contribution in [3.8, 4) is 0 Å². The summed E-state index contributed by atoms with van der Waals surface area (Å²) in [5, 5.41) is 0. The summed E-state index contributed by atoms with van der Waals surface area (Å²) in [5.41, 5.74) is 4.44. The van der Waals surface area contributed by atoms with E-state index in [1.165, 1.54) is 0 Å². The minimum Gasteiger partial charge on any atom is -0.349 e. The molecule has 0 aromatic heterocycles. The molecule has 0 atom stereocenters. The zero-order valence-corrected chi connectivity index (χ0v) is 9.19. The largest absolute Gasteiger partial charge is 0.349 e. The molecule has 0 aliphatic heterocycles. The van der Waals surface area contributed by atoms with E-state index in [0.717, 1.165) is 11.3 Å². The van der Waals surface area contributed by atoms with Gasteiger partial charge in [0.25, 0.3) is 0 Å². The summed E-state index contributed by atoms with van der Waals surface area (Å²) in [6.07, 6.45) is -0.285. The van der Waals surface area contributed by atoms with Crippen LogP contribution >= 0.6 is 0 Å². The zero-order chi connectivity index (χ0) is 11.1. The van der Waals surface area contributed by atoms with Gasteiger partial charge in [0.05, 0.1) is 0 Å². The Bertz CT molecular complexity index is 268. The molecule has 1 rings (SSSR count). The molecule has 0 amide bonds. The van der Waals surface area contributed by atoms with E-state index in [1.54, 1.807) is 0 Å². The molecule has 4 heteroatoms. The lowest BCUT2D eigenvalue weighted by Crippen LogP contribution is -2.10. The molecule has 0 fully saturated rings. The van der Waals surface area contributed by atoms with E-state index < -0.39 is 0 Å². The first-order valence-corrected chi connectivity index (χ1v) is 5.11. The van der Waals surface area contributed by atoms with Crippen LogP contribution in [-0.2, 0) is 9.47 Å². The van der Waals surface area contributed by atoms with Gasteiger partial charge >= 0.3 is 0 Å². The van der Waals surface area contributed by atoms with Gasteiger partial charge in [-0.15, -0.1) is 0 Å². The number of hydrazine groups is 1. The van der Waals surface area contributed by atoms with E-state index >= 15 is 0 Å². The molecular formula is C11H18N2O2. The Balaban J connectivity index is 2.72. The minimum atomic E-state index is -0.285. The lowest BCUT2D eigenvalue weighted by Gasteiger charge is -2.17. The number of anilines is 1. The summed E-state index contributed by atoms with van der Waals surface area (Å²) in [6, 6.07) is 7.65. The van der Waals surface area contributed by atoms with E-state index in [2.05, 4.69) is 5.43 Å². The van der Waals surface area contributed by atoms with Gasteiger partial charge in [0.1, 0.15) is 0 Å². The van der Waals surface area contributed by atoms with Crippen LogP contribution in [0, 0.1) is 0 Å². The molecule has 0 saturated carbocycles. The Morgan fingerprint density at radius 3 is 2.07 bits per heavy atom. The van der Waals surface area contributed by atoms with Crippen molar-refractivity contribution in [1.29, 1.82) is 0 Å². The predicted octanol–water partition coefficient (Wildman–Crippen LogP) is 2.04. The fraction of sp³-hybridized carbons (Fsp3) is 0.455. The topological polar surface area (TPSA) is 56.5 Å². The number of benzene rings is 1. The van der Waals surface area contributed by atoms with Gasteiger partial charge in [-0.2, -0.15) is 0 Å². The Morgan fingerprint density at radius 2 is 1.67 bits per heavy atom. The molecule has 84 valence electrons. The molecule has 0 unspecified atom stereocenters. The molecule has 0 aliphatic rings. The van der Waals surface area contributed by atoms with E-state index in [9.17, 15) is 0 Å². The van der Waals surface area contributed by atoms with Crippen molar-refractivity contribution in [2.45, 2.75) is 20.1 Å². The average molecular weight is 210 g/mol. The predicted molar refractivity (Wildman–Crippen MR) is 60.2 cm³/mol. The Morgan fingerprint density at radius 1 is 1.13 bits per heavy atom. The van der Waals surface area contributed by atoms with Crippen molar-refractivity contribution in [1.82, 2.24) is 0 Å². The molecule has 1 aromatic carbocycles. The fourth-order valence-electron chi connectivity index (χ4n) is 1.28. The van der Waals surface area contributed by atoms with Gasteiger partial charge in [0.2, 0.25) is 0 Å². The highest BCUT2D eigenvalue weighted by atomic mass is 16.7. The van der Waals surface area contributed by atoms with Crippen LogP contribution in [0.1, 0.15) is 25.7 Å². The molecule has 0 bridgehead atoms. The van der Waals surface area contributed by atoms with Crippen molar-refractivity contribution in [3.63, 3.8) is 0 Å². The summed E-state index contributed by atoms with van der Waals surface area (Å²) >= 11 is 0. The number of hydrogen-bond donors (Lipinski definition) is 2. The van der Waals surface area contributed by atoms with Crippen LogP contribution in [0.15, 0.2) is 24.3 Å². The summed E-state index contributed by atoms with van der Waals surface area (Å²) in [4.78, 5) is 0. The Hall–Kier alpha value is -1.10. The average Bonchev–Trinajstić information content (AvgIpc) is 2.29. The zero-order valence-electron chi connectivity index (χ0n) is 9.19. The van der Waals surface area contributed by atoms with Gasteiger partial charge in [-0.1, -0.05) is 12.1 Å². The maximum Gasteiger partial charge on any atom is 0.183 e. The van der Waals surface area contributed by atoms with Gasteiger partial charge in [-0.3, -0.25) is 5.84 Å². The van der Waals surface area contributed by atoms with Crippen molar-refractivity contribution < 1.29 is 9.47 Å². The number of nitrogens with two attached hydrogens (primary N) is 1. The second kappa shape index (κ2) is 6.40. The SMILES string of the molecule is CCOC(OCC)c1ccc(NN)cc1. The van der Waals surface area contributed by atoms with Crippen LogP contribution in [0.3, 0.4) is 0 Å². The third kappa shape index (κ3) is 3.51. The summed E-state index contributed by atoms with van der Waals surface area (Å²) in [7, 11) is 0. The van der Waals surface area contributed by atoms with Crippen molar-refractivity contribution >= 4 is 5.69 Å². The van der Waals surface area contributed by atoms with Crippen LogP contribution in [0.5, 0.6) is 0 Å². The number of hydrogen-bond acceptors (Lipinski definition) is 4. The molecule has 4 nitrogen and oxygen atoms in total. The molecule has 0 heterocycles. The van der Waals surface area contributed by atoms with E-state index in [-0.39, 0.29) is 6.29 Å². The highest BCUT2D eigenvalue weighted by Gasteiger charge is 2.10. The number of nitrogen functional groups attached to an aromatic ring is 1. The van der Waals surface area contributed by atoms with Gasteiger partial charge in [-0.05, 0) is 26.0 Å². The number of nitrogens with one attached hydrogen (secondary N) is 1. The van der Waals surface area contributed by atoms with E-state index in [4.69, 9.17) is 15.3 Å². The Labute approximate surface area is 90.3 Å². The normalized spacial score (nSPS) is 10.7. The minimum absolute atomic E-state index is 0.285. The van der Waals surface area contributed by atoms with Crippen LogP contribution in [-0.4, -0.2) is 13.2 Å². The van der Waals surface area contributed by atoms with Crippen LogP contribution in [0.4, 0.5) is 5.69 Å². The molecule has 0 aliphatic carbocycles. The monoisotopic (exact) mass is 210 g/mol. The molecule has 0 spiro atoms. The number of ether oxygens (including phenoxy) is 2. The summed E-state index contributed by atoms with van der Waals surface area (Å²) < 4.78 is 10.9. The maximum absolute atomic E-state index is 5.47. The quantitative estimate of drug-likeness (QED) is 0.428. The van der Waals surface area contributed by atoms with Crippen molar-refractivity contribution in [3.05, 3.63) is 29.8 Å². The number of rotatable bonds is 6.